The number of Topliss-reactive ketones (excluding diaryl/α,β-unsaturated/α-hetero) is 1. The maximum absolute atomic E-state index is 11.6. The lowest BCUT2D eigenvalue weighted by Crippen LogP contribution is -2.36. The first kappa shape index (κ1) is 11.9. The minimum atomic E-state index is 0.454. The third-order valence-corrected chi connectivity index (χ3v) is 6.49. The Hall–Kier alpha value is -0.850. The fourth-order valence-electron chi connectivity index (χ4n) is 5.45. The monoisotopic (exact) mass is 256 g/mol. The molecule has 0 radical (unpaired) electrons. The zero-order valence-electron chi connectivity index (χ0n) is 12.0. The third kappa shape index (κ3) is 1.70. The molecule has 3 atom stereocenters. The lowest BCUT2D eigenvalue weighted by atomic mass is 9.58. The minimum absolute atomic E-state index is 0.454. The summed E-state index contributed by atoms with van der Waals surface area (Å²) in [5, 5.41) is 0. The van der Waals surface area contributed by atoms with Crippen LogP contribution in [-0.2, 0) is 4.79 Å². The van der Waals surface area contributed by atoms with E-state index in [0.717, 1.165) is 31.1 Å². The van der Waals surface area contributed by atoms with E-state index in [2.05, 4.69) is 13.0 Å². The second kappa shape index (κ2) is 4.07. The van der Waals surface area contributed by atoms with Crippen LogP contribution in [0.3, 0.4) is 0 Å². The van der Waals surface area contributed by atoms with E-state index in [-0.39, 0.29) is 0 Å². The normalized spacial score (nSPS) is 41.5. The number of hydrogen-bond acceptors (Lipinski definition) is 1. The lowest BCUT2D eigenvalue weighted by molar-refractivity contribution is -0.118. The average molecular weight is 256 g/mol. The van der Waals surface area contributed by atoms with Crippen molar-refractivity contribution in [1.29, 1.82) is 0 Å². The summed E-state index contributed by atoms with van der Waals surface area (Å²) in [6.07, 6.45) is 13.3. The Kier molecular flexibility index (Phi) is 2.56. The molecule has 0 aliphatic heterocycles. The maximum Gasteiger partial charge on any atom is 0.137 e. The lowest BCUT2D eigenvalue weighted by Gasteiger charge is -2.46. The fourth-order valence-corrected chi connectivity index (χ4v) is 5.45. The molecule has 0 unspecified atom stereocenters. The Bertz CT molecular complexity index is 496. The molecule has 102 valence electrons. The molecule has 3 saturated carbocycles. The van der Waals surface area contributed by atoms with E-state index in [9.17, 15) is 4.79 Å². The number of carbonyl (C=O) groups excluding carboxylic acids is 1. The molecule has 4 rings (SSSR count). The highest BCUT2D eigenvalue weighted by Gasteiger charge is 2.48. The number of carbonyl (C=O) groups is 1. The summed E-state index contributed by atoms with van der Waals surface area (Å²) in [7, 11) is 0. The van der Waals surface area contributed by atoms with Gasteiger partial charge >= 0.3 is 0 Å². The minimum Gasteiger partial charge on any atom is -0.299 e. The Morgan fingerprint density at radius 1 is 1.21 bits per heavy atom. The topological polar surface area (TPSA) is 17.1 Å². The summed E-state index contributed by atoms with van der Waals surface area (Å²) in [6.45, 7) is 2.54. The predicted octanol–water partition coefficient (Wildman–Crippen LogP) is 4.58. The van der Waals surface area contributed by atoms with Crippen molar-refractivity contribution < 1.29 is 4.79 Å². The van der Waals surface area contributed by atoms with Gasteiger partial charge in [0.1, 0.15) is 5.78 Å². The molecule has 0 amide bonds. The average Bonchev–Trinajstić information content (AvgIpc) is 2.79. The maximum atomic E-state index is 11.6. The predicted molar refractivity (Wildman–Crippen MR) is 76.8 cm³/mol. The molecular weight excluding hydrogens is 232 g/mol. The van der Waals surface area contributed by atoms with Gasteiger partial charge in [-0.1, -0.05) is 25.0 Å². The molecule has 4 aliphatic carbocycles. The first-order valence-corrected chi connectivity index (χ1v) is 8.10. The zero-order valence-corrected chi connectivity index (χ0v) is 12.0. The Labute approximate surface area is 116 Å². The van der Waals surface area contributed by atoms with Gasteiger partial charge in [-0.2, -0.15) is 0 Å². The van der Waals surface area contributed by atoms with E-state index >= 15 is 0 Å². The van der Waals surface area contributed by atoms with E-state index in [0.29, 0.717) is 11.2 Å². The largest absolute Gasteiger partial charge is 0.299 e. The summed E-state index contributed by atoms with van der Waals surface area (Å²) in [5.74, 6) is 2.21. The highest BCUT2D eigenvalue weighted by molar-refractivity contribution is 5.84. The van der Waals surface area contributed by atoms with E-state index in [4.69, 9.17) is 0 Å². The Balaban J connectivity index is 1.71. The first-order chi connectivity index (χ1) is 9.17. The number of fused-ring (bicyclic) bond motifs is 4. The van der Waals surface area contributed by atoms with Crippen molar-refractivity contribution in [1.82, 2.24) is 0 Å². The standard InChI is InChI=1S/C18H24O/c1-18-9-2-3-17(18)16-6-4-12-11-13(19)5-7-14(12)15(16)8-10-18/h4,16-17H,2-3,5-11H2,1H3/t16-,17+,18+/m1/s1. The summed E-state index contributed by atoms with van der Waals surface area (Å²) in [4.78, 5) is 11.6. The molecule has 0 aromatic heterocycles. The van der Waals surface area contributed by atoms with Crippen LogP contribution < -0.4 is 0 Å². The second-order valence-corrected chi connectivity index (χ2v) is 7.44. The summed E-state index contributed by atoms with van der Waals surface area (Å²) >= 11 is 0. The summed E-state index contributed by atoms with van der Waals surface area (Å²) in [5.41, 5.74) is 5.42. The van der Waals surface area contributed by atoms with Gasteiger partial charge in [-0.05, 0) is 66.9 Å². The quantitative estimate of drug-likeness (QED) is 0.620. The SMILES string of the molecule is C[C@@]12CCC[C@H]1[C@@H]1CC=C3CC(=O)CCC3=C1CC2. The van der Waals surface area contributed by atoms with Gasteiger partial charge in [0.05, 0.1) is 0 Å². The second-order valence-electron chi connectivity index (χ2n) is 7.44. The van der Waals surface area contributed by atoms with Gasteiger partial charge in [0, 0.05) is 12.8 Å². The first-order valence-electron chi connectivity index (χ1n) is 8.10. The van der Waals surface area contributed by atoms with Crippen LogP contribution in [0.2, 0.25) is 0 Å². The van der Waals surface area contributed by atoms with E-state index in [1.54, 1.807) is 11.1 Å². The van der Waals surface area contributed by atoms with Crippen molar-refractivity contribution in [3.8, 4) is 0 Å². The van der Waals surface area contributed by atoms with Crippen LogP contribution >= 0.6 is 0 Å². The van der Waals surface area contributed by atoms with Crippen LogP contribution in [0.1, 0.15) is 64.7 Å². The molecular formula is C18H24O. The molecule has 0 spiro atoms. The van der Waals surface area contributed by atoms with Crippen molar-refractivity contribution in [3.05, 3.63) is 22.8 Å². The number of hydrogen-bond donors (Lipinski definition) is 0. The molecule has 0 aromatic rings. The van der Waals surface area contributed by atoms with Crippen LogP contribution in [0.5, 0.6) is 0 Å². The molecule has 0 bridgehead atoms. The highest BCUT2D eigenvalue weighted by Crippen LogP contribution is 2.59. The molecule has 3 fully saturated rings. The molecule has 1 heteroatoms. The van der Waals surface area contributed by atoms with Gasteiger partial charge < -0.3 is 0 Å². The van der Waals surface area contributed by atoms with Gasteiger partial charge in [-0.3, -0.25) is 4.79 Å². The zero-order chi connectivity index (χ0) is 13.0. The molecule has 0 saturated heterocycles. The number of rotatable bonds is 0. The molecule has 0 aromatic carbocycles. The van der Waals surface area contributed by atoms with Crippen molar-refractivity contribution in [2.75, 3.05) is 0 Å². The fraction of sp³-hybridized carbons (Fsp3) is 0.722. The van der Waals surface area contributed by atoms with E-state index in [1.165, 1.54) is 44.1 Å². The van der Waals surface area contributed by atoms with Crippen LogP contribution in [0.4, 0.5) is 0 Å². The van der Waals surface area contributed by atoms with E-state index in [1.807, 2.05) is 0 Å². The van der Waals surface area contributed by atoms with Gasteiger partial charge in [-0.15, -0.1) is 0 Å². The Morgan fingerprint density at radius 2 is 2.11 bits per heavy atom. The molecule has 1 nitrogen and oxygen atoms in total. The molecule has 0 heterocycles. The van der Waals surface area contributed by atoms with Gasteiger partial charge in [0.2, 0.25) is 0 Å². The van der Waals surface area contributed by atoms with Gasteiger partial charge in [0.15, 0.2) is 0 Å². The Morgan fingerprint density at radius 3 is 3.00 bits per heavy atom. The van der Waals surface area contributed by atoms with Crippen molar-refractivity contribution in [2.45, 2.75) is 64.7 Å². The molecule has 0 N–H and O–H groups in total. The van der Waals surface area contributed by atoms with Crippen LogP contribution in [0, 0.1) is 17.3 Å². The summed E-state index contributed by atoms with van der Waals surface area (Å²) in [6, 6.07) is 0. The number of ketones is 1. The van der Waals surface area contributed by atoms with Crippen LogP contribution in [0.25, 0.3) is 0 Å². The van der Waals surface area contributed by atoms with Crippen LogP contribution in [-0.4, -0.2) is 5.78 Å². The summed E-state index contributed by atoms with van der Waals surface area (Å²) < 4.78 is 0. The van der Waals surface area contributed by atoms with Crippen molar-refractivity contribution in [3.63, 3.8) is 0 Å². The molecule has 4 aliphatic rings. The number of allylic oxidation sites excluding steroid dienone is 4. The van der Waals surface area contributed by atoms with Crippen molar-refractivity contribution >= 4 is 5.78 Å². The molecule has 19 heavy (non-hydrogen) atoms. The van der Waals surface area contributed by atoms with Gasteiger partial charge in [0.25, 0.3) is 0 Å². The smallest absolute Gasteiger partial charge is 0.137 e. The van der Waals surface area contributed by atoms with E-state index < -0.39 is 0 Å². The highest BCUT2D eigenvalue weighted by atomic mass is 16.1. The van der Waals surface area contributed by atoms with Crippen molar-refractivity contribution in [2.24, 2.45) is 17.3 Å². The van der Waals surface area contributed by atoms with Gasteiger partial charge in [-0.25, -0.2) is 0 Å². The third-order valence-electron chi connectivity index (χ3n) is 6.49. The van der Waals surface area contributed by atoms with Crippen LogP contribution in [0.15, 0.2) is 22.8 Å².